The second-order valence-electron chi connectivity index (χ2n) is 5.80. The number of rotatable bonds is 5. The van der Waals surface area contributed by atoms with E-state index in [1.54, 1.807) is 0 Å². The van der Waals surface area contributed by atoms with Crippen LogP contribution in [0.1, 0.15) is 31.5 Å². The molecule has 2 rings (SSSR count). The maximum absolute atomic E-state index is 11.6. The zero-order valence-electron chi connectivity index (χ0n) is 12.9. The zero-order valence-corrected chi connectivity index (χ0v) is 13.8. The van der Waals surface area contributed by atoms with E-state index in [4.69, 9.17) is 5.73 Å². The summed E-state index contributed by atoms with van der Waals surface area (Å²) in [5.41, 5.74) is 7.03. The molecule has 1 aliphatic rings. The maximum atomic E-state index is 11.6. The number of nitrogens with two attached hydrogens (primary N) is 1. The van der Waals surface area contributed by atoms with Crippen LogP contribution in [0, 0.1) is 0 Å². The molecule has 120 valence electrons. The van der Waals surface area contributed by atoms with Crippen LogP contribution in [0.15, 0.2) is 12.4 Å². The molecule has 1 atom stereocenters. The Kier molecular flexibility index (Phi) is 5.03. The molecule has 0 aromatic carbocycles. The third-order valence-electron chi connectivity index (χ3n) is 3.94. The predicted molar refractivity (Wildman–Crippen MR) is 82.4 cm³/mol. The summed E-state index contributed by atoms with van der Waals surface area (Å²) in [6.45, 7) is 7.10. The summed E-state index contributed by atoms with van der Waals surface area (Å²) in [6, 6.07) is 0.415. The van der Waals surface area contributed by atoms with Gasteiger partial charge in [-0.2, -0.15) is 9.40 Å². The van der Waals surface area contributed by atoms with Gasteiger partial charge in [0.25, 0.3) is 0 Å². The molecule has 0 spiro atoms. The quantitative estimate of drug-likeness (QED) is 0.829. The van der Waals surface area contributed by atoms with Crippen molar-refractivity contribution < 1.29 is 8.42 Å². The molecule has 1 saturated heterocycles. The second kappa shape index (κ2) is 6.43. The molecule has 21 heavy (non-hydrogen) atoms. The molecule has 1 aromatic rings. The highest BCUT2D eigenvalue weighted by Gasteiger charge is 2.28. The third-order valence-corrected chi connectivity index (χ3v) is 5.24. The highest BCUT2D eigenvalue weighted by atomic mass is 32.2. The Morgan fingerprint density at radius 1 is 1.29 bits per heavy atom. The predicted octanol–water partition coefficient (Wildman–Crippen LogP) is 0.0410. The Bertz CT molecular complexity index is 561. The molecule has 2 heterocycles. The maximum Gasteiger partial charge on any atom is 0.211 e. The van der Waals surface area contributed by atoms with Gasteiger partial charge in [0.15, 0.2) is 0 Å². The van der Waals surface area contributed by atoms with Crippen molar-refractivity contribution >= 4 is 10.0 Å². The fourth-order valence-electron chi connectivity index (χ4n) is 2.65. The minimum atomic E-state index is -3.09. The van der Waals surface area contributed by atoms with E-state index in [0.717, 1.165) is 5.56 Å². The first-order valence-corrected chi connectivity index (χ1v) is 9.11. The minimum Gasteiger partial charge on any atom is -0.329 e. The Morgan fingerprint density at radius 3 is 2.33 bits per heavy atom. The molecule has 1 unspecified atom stereocenters. The lowest BCUT2D eigenvalue weighted by atomic mass is 10.1. The number of aromatic nitrogens is 2. The molecule has 1 aliphatic heterocycles. The van der Waals surface area contributed by atoms with E-state index in [2.05, 4.69) is 23.8 Å². The fourth-order valence-corrected chi connectivity index (χ4v) is 3.48. The van der Waals surface area contributed by atoms with E-state index in [1.807, 2.05) is 17.1 Å². The summed E-state index contributed by atoms with van der Waals surface area (Å²) < 4.78 is 26.5. The van der Waals surface area contributed by atoms with E-state index in [0.29, 0.717) is 38.8 Å². The zero-order chi connectivity index (χ0) is 15.6. The van der Waals surface area contributed by atoms with E-state index in [-0.39, 0.29) is 6.04 Å². The van der Waals surface area contributed by atoms with Gasteiger partial charge in [-0.15, -0.1) is 0 Å². The third kappa shape index (κ3) is 3.82. The molecule has 0 amide bonds. The van der Waals surface area contributed by atoms with Crippen LogP contribution >= 0.6 is 0 Å². The molecule has 0 bridgehead atoms. The van der Waals surface area contributed by atoms with Gasteiger partial charge in [-0.05, 0) is 13.8 Å². The van der Waals surface area contributed by atoms with Gasteiger partial charge in [0.05, 0.1) is 18.5 Å². The van der Waals surface area contributed by atoms with Crippen LogP contribution in [0.25, 0.3) is 0 Å². The van der Waals surface area contributed by atoms with E-state index < -0.39 is 10.0 Å². The molecule has 0 radical (unpaired) electrons. The monoisotopic (exact) mass is 315 g/mol. The standard InChI is InChI=1S/C13H25N5O2S/c1-11(2)18-10-12(9-15-18)13(8-14)16-4-6-17(7-5-16)21(3,19)20/h9-11,13H,4-8,14H2,1-3H3. The topological polar surface area (TPSA) is 84.5 Å². The van der Waals surface area contributed by atoms with E-state index >= 15 is 0 Å². The number of nitrogens with zero attached hydrogens (tertiary/aromatic N) is 4. The van der Waals surface area contributed by atoms with Crippen LogP contribution in [0.5, 0.6) is 0 Å². The molecular weight excluding hydrogens is 290 g/mol. The Morgan fingerprint density at radius 2 is 1.90 bits per heavy atom. The van der Waals surface area contributed by atoms with Gasteiger partial charge in [0.2, 0.25) is 10.0 Å². The summed E-state index contributed by atoms with van der Waals surface area (Å²) >= 11 is 0. The van der Waals surface area contributed by atoms with Crippen LogP contribution in [0.4, 0.5) is 0 Å². The van der Waals surface area contributed by atoms with Crippen LogP contribution in [-0.2, 0) is 10.0 Å². The van der Waals surface area contributed by atoms with Crippen molar-refractivity contribution in [2.45, 2.75) is 25.9 Å². The van der Waals surface area contributed by atoms with Crippen molar-refractivity contribution in [3.05, 3.63) is 18.0 Å². The first-order valence-electron chi connectivity index (χ1n) is 7.26. The van der Waals surface area contributed by atoms with E-state index in [9.17, 15) is 8.42 Å². The second-order valence-corrected chi connectivity index (χ2v) is 7.78. The highest BCUT2D eigenvalue weighted by Crippen LogP contribution is 2.22. The summed E-state index contributed by atoms with van der Waals surface area (Å²) in [5, 5.41) is 4.36. The van der Waals surface area contributed by atoms with Crippen molar-refractivity contribution in [2.75, 3.05) is 39.0 Å². The SMILES string of the molecule is CC(C)n1cc(C(CN)N2CCN(S(C)(=O)=O)CC2)cn1. The van der Waals surface area contributed by atoms with Crippen molar-refractivity contribution in [3.63, 3.8) is 0 Å². The smallest absolute Gasteiger partial charge is 0.211 e. The molecule has 2 N–H and O–H groups in total. The van der Waals surface area contributed by atoms with Gasteiger partial charge >= 0.3 is 0 Å². The molecule has 7 nitrogen and oxygen atoms in total. The number of sulfonamides is 1. The minimum absolute atomic E-state index is 0.0965. The van der Waals surface area contributed by atoms with E-state index in [1.165, 1.54) is 10.6 Å². The molecule has 0 aliphatic carbocycles. The number of hydrogen-bond donors (Lipinski definition) is 1. The Balaban J connectivity index is 2.05. The van der Waals surface area contributed by atoms with Crippen molar-refractivity contribution in [1.82, 2.24) is 19.0 Å². The summed E-state index contributed by atoms with van der Waals surface area (Å²) in [6.07, 6.45) is 5.15. The van der Waals surface area contributed by atoms with Crippen LogP contribution in [0.3, 0.4) is 0 Å². The van der Waals surface area contributed by atoms with Crippen molar-refractivity contribution in [1.29, 1.82) is 0 Å². The number of hydrogen-bond acceptors (Lipinski definition) is 5. The van der Waals surface area contributed by atoms with Gasteiger partial charge in [0, 0.05) is 50.5 Å². The molecule has 0 saturated carbocycles. The highest BCUT2D eigenvalue weighted by molar-refractivity contribution is 7.88. The molecular formula is C13H25N5O2S. The van der Waals surface area contributed by atoms with Crippen molar-refractivity contribution in [2.24, 2.45) is 5.73 Å². The largest absolute Gasteiger partial charge is 0.329 e. The lowest BCUT2D eigenvalue weighted by Crippen LogP contribution is -2.50. The van der Waals surface area contributed by atoms with Gasteiger partial charge in [-0.3, -0.25) is 9.58 Å². The van der Waals surface area contributed by atoms with Crippen molar-refractivity contribution in [3.8, 4) is 0 Å². The van der Waals surface area contributed by atoms with Crippen LogP contribution in [-0.4, -0.2) is 66.4 Å². The van der Waals surface area contributed by atoms with Crippen LogP contribution in [0.2, 0.25) is 0 Å². The normalized spacial score (nSPS) is 20.0. The number of piperazine rings is 1. The van der Waals surface area contributed by atoms with Gasteiger partial charge < -0.3 is 5.73 Å². The average molecular weight is 315 g/mol. The molecule has 1 aromatic heterocycles. The molecule has 1 fully saturated rings. The lowest BCUT2D eigenvalue weighted by molar-refractivity contribution is 0.140. The fraction of sp³-hybridized carbons (Fsp3) is 0.769. The average Bonchev–Trinajstić information content (AvgIpc) is 2.89. The van der Waals surface area contributed by atoms with Gasteiger partial charge in [0.1, 0.15) is 0 Å². The van der Waals surface area contributed by atoms with Gasteiger partial charge in [-0.25, -0.2) is 8.42 Å². The Hall–Kier alpha value is -0.960. The first-order chi connectivity index (χ1) is 9.82. The lowest BCUT2D eigenvalue weighted by Gasteiger charge is -2.37. The molecule has 8 heteroatoms. The van der Waals surface area contributed by atoms with Gasteiger partial charge in [-0.1, -0.05) is 0 Å². The Labute approximate surface area is 126 Å². The first kappa shape index (κ1) is 16.4. The summed E-state index contributed by atoms with van der Waals surface area (Å²) in [5.74, 6) is 0. The summed E-state index contributed by atoms with van der Waals surface area (Å²) in [4.78, 5) is 2.24. The van der Waals surface area contributed by atoms with Crippen LogP contribution < -0.4 is 5.73 Å². The summed E-state index contributed by atoms with van der Waals surface area (Å²) in [7, 11) is -3.09.